The Balaban J connectivity index is 1.38. The Labute approximate surface area is 236 Å². The van der Waals surface area contributed by atoms with Gasteiger partial charge in [0.25, 0.3) is 0 Å². The van der Waals surface area contributed by atoms with Gasteiger partial charge in [0, 0.05) is 29.1 Å². The van der Waals surface area contributed by atoms with Crippen LogP contribution < -0.4 is 26.4 Å². The molecule has 0 saturated carbocycles. The minimum atomic E-state index is -0.777. The molecule has 4 amide bonds. The molecule has 0 saturated heterocycles. The van der Waals surface area contributed by atoms with Crippen molar-refractivity contribution in [2.45, 2.75) is 33.1 Å². The third-order valence-corrected chi connectivity index (χ3v) is 6.28. The topological polar surface area (TPSA) is 149 Å². The number of hydrogen-bond acceptors (Lipinski definition) is 6. The molecule has 0 spiro atoms. The number of carbonyl (C=O) groups is 2. The fraction of sp³-hybridized carbons (Fsp3) is 0.167. The minimum Gasteiger partial charge on any atom is -0.438 e. The van der Waals surface area contributed by atoms with E-state index in [4.69, 9.17) is 15.6 Å². The number of aryl methyl sites for hydroxylation is 2. The molecule has 5 N–H and O–H groups in total. The number of ether oxygens (including phenoxy) is 1. The number of anilines is 3. The number of carbonyl (C=O) groups excluding carboxylic acids is 2. The van der Waals surface area contributed by atoms with Crippen molar-refractivity contribution in [1.82, 2.24) is 19.7 Å². The molecule has 2 heterocycles. The highest BCUT2D eigenvalue weighted by atomic mass is 16.5. The number of rotatable bonds is 9. The van der Waals surface area contributed by atoms with Gasteiger partial charge >= 0.3 is 12.1 Å². The van der Waals surface area contributed by atoms with Crippen LogP contribution in [0.15, 0.2) is 79.0 Å². The highest BCUT2D eigenvalue weighted by Gasteiger charge is 2.15. The van der Waals surface area contributed by atoms with E-state index in [1.54, 1.807) is 22.9 Å². The molecule has 11 heteroatoms. The predicted octanol–water partition coefficient (Wildman–Crippen LogP) is 6.39. The normalized spacial score (nSPS) is 10.8. The molecule has 2 aromatic heterocycles. The van der Waals surface area contributed by atoms with Crippen LogP contribution in [-0.2, 0) is 6.42 Å². The molecule has 0 bridgehead atoms. The smallest absolute Gasteiger partial charge is 0.324 e. The maximum Gasteiger partial charge on any atom is 0.324 e. The first-order valence-electron chi connectivity index (χ1n) is 13.2. The first-order valence-corrected chi connectivity index (χ1v) is 13.2. The van der Waals surface area contributed by atoms with Crippen molar-refractivity contribution in [1.29, 1.82) is 0 Å². The van der Waals surface area contributed by atoms with Crippen LogP contribution >= 0.6 is 0 Å². The molecule has 0 aliphatic carbocycles. The molecule has 41 heavy (non-hydrogen) atoms. The first kappa shape index (κ1) is 27.1. The van der Waals surface area contributed by atoms with E-state index in [2.05, 4.69) is 32.8 Å². The number of nitrogens with zero attached hydrogens (tertiary/aromatic N) is 4. The molecule has 208 valence electrons. The molecule has 3 aromatic carbocycles. The van der Waals surface area contributed by atoms with Gasteiger partial charge in [-0.1, -0.05) is 55.3 Å². The number of nitrogens with one attached hydrogen (secondary N) is 3. The van der Waals surface area contributed by atoms with Crippen LogP contribution in [0.2, 0.25) is 0 Å². The van der Waals surface area contributed by atoms with Gasteiger partial charge < -0.3 is 15.8 Å². The summed E-state index contributed by atoms with van der Waals surface area (Å²) in [5.74, 6) is 1.33. The average Bonchev–Trinajstić information content (AvgIpc) is 3.35. The fourth-order valence-corrected chi connectivity index (χ4v) is 4.30. The van der Waals surface area contributed by atoms with Gasteiger partial charge in [-0.25, -0.2) is 19.3 Å². The third-order valence-electron chi connectivity index (χ3n) is 6.28. The third kappa shape index (κ3) is 6.59. The molecular formula is C30H30N8O3. The molecule has 11 nitrogen and oxygen atoms in total. The minimum absolute atomic E-state index is 0.0250. The van der Waals surface area contributed by atoms with Crippen LogP contribution in [0.5, 0.6) is 11.6 Å². The van der Waals surface area contributed by atoms with E-state index in [0.717, 1.165) is 47.0 Å². The van der Waals surface area contributed by atoms with Gasteiger partial charge in [0.15, 0.2) is 0 Å². The summed E-state index contributed by atoms with van der Waals surface area (Å²) in [4.78, 5) is 32.5. The van der Waals surface area contributed by atoms with Crippen LogP contribution in [0, 0.1) is 6.92 Å². The fourth-order valence-electron chi connectivity index (χ4n) is 4.30. The summed E-state index contributed by atoms with van der Waals surface area (Å²) in [6, 6.07) is 21.3. The van der Waals surface area contributed by atoms with Gasteiger partial charge in [0.1, 0.15) is 11.6 Å². The van der Waals surface area contributed by atoms with Crippen LogP contribution in [-0.4, -0.2) is 31.8 Å². The zero-order chi connectivity index (χ0) is 28.8. The van der Waals surface area contributed by atoms with E-state index in [1.165, 1.54) is 6.20 Å². The molecule has 0 radical (unpaired) electrons. The molecule has 0 atom stereocenters. The number of benzene rings is 3. The van der Waals surface area contributed by atoms with E-state index in [1.807, 2.05) is 61.5 Å². The summed E-state index contributed by atoms with van der Waals surface area (Å²) in [6.45, 7) is 4.16. The van der Waals surface area contributed by atoms with Crippen LogP contribution in [0.3, 0.4) is 0 Å². The second kappa shape index (κ2) is 12.2. The molecule has 5 aromatic rings. The number of aromatic nitrogens is 4. The number of unbranched alkanes of at least 4 members (excludes halogenated alkanes) is 1. The lowest BCUT2D eigenvalue weighted by Crippen LogP contribution is -2.21. The van der Waals surface area contributed by atoms with Crippen molar-refractivity contribution < 1.29 is 14.3 Å². The van der Waals surface area contributed by atoms with Crippen molar-refractivity contribution in [2.24, 2.45) is 5.73 Å². The van der Waals surface area contributed by atoms with Gasteiger partial charge in [-0.05, 0) is 44.0 Å². The van der Waals surface area contributed by atoms with Crippen molar-refractivity contribution in [2.75, 3.05) is 16.0 Å². The van der Waals surface area contributed by atoms with E-state index in [-0.39, 0.29) is 11.8 Å². The van der Waals surface area contributed by atoms with Crippen molar-refractivity contribution in [3.8, 4) is 17.3 Å². The Kier molecular flexibility index (Phi) is 8.05. The van der Waals surface area contributed by atoms with Gasteiger partial charge in [0.05, 0.1) is 17.1 Å². The number of urea groups is 2. The number of primary amides is 1. The Bertz CT molecular complexity index is 1700. The van der Waals surface area contributed by atoms with Crippen LogP contribution in [0.25, 0.3) is 16.5 Å². The lowest BCUT2D eigenvalue weighted by molar-refractivity contribution is 0.259. The predicted molar refractivity (Wildman–Crippen MR) is 159 cm³/mol. The van der Waals surface area contributed by atoms with Crippen molar-refractivity contribution in [3.63, 3.8) is 0 Å². The Morgan fingerprint density at radius 3 is 2.49 bits per heavy atom. The van der Waals surface area contributed by atoms with Crippen molar-refractivity contribution in [3.05, 3.63) is 90.3 Å². The number of amides is 4. The monoisotopic (exact) mass is 550 g/mol. The number of fused-ring (bicyclic) bond motifs is 1. The number of hydrogen-bond donors (Lipinski definition) is 4. The lowest BCUT2D eigenvalue weighted by Gasteiger charge is -2.14. The quantitative estimate of drug-likeness (QED) is 0.167. The Morgan fingerprint density at radius 1 is 0.951 bits per heavy atom. The summed E-state index contributed by atoms with van der Waals surface area (Å²) in [7, 11) is 0. The van der Waals surface area contributed by atoms with E-state index >= 15 is 0 Å². The lowest BCUT2D eigenvalue weighted by atomic mass is 10.1. The maximum absolute atomic E-state index is 13.2. The summed E-state index contributed by atoms with van der Waals surface area (Å²) >= 11 is 0. The van der Waals surface area contributed by atoms with Crippen LogP contribution in [0.1, 0.15) is 31.0 Å². The summed E-state index contributed by atoms with van der Waals surface area (Å²) < 4.78 is 7.75. The van der Waals surface area contributed by atoms with Gasteiger partial charge in [-0.2, -0.15) is 10.1 Å². The van der Waals surface area contributed by atoms with E-state index in [9.17, 15) is 9.59 Å². The average molecular weight is 551 g/mol. The molecular weight excluding hydrogens is 520 g/mol. The maximum atomic E-state index is 13.2. The van der Waals surface area contributed by atoms with Crippen molar-refractivity contribution >= 4 is 40.3 Å². The highest BCUT2D eigenvalue weighted by Crippen LogP contribution is 2.34. The zero-order valence-electron chi connectivity index (χ0n) is 22.7. The highest BCUT2D eigenvalue weighted by molar-refractivity contribution is 6.07. The SMILES string of the molecule is CCCCc1cc(NC(=O)Nc2ccc(Oc3ccnc(NC(N)=O)n3)c3ccccc23)n(-c2ccc(C)cc2)n1. The molecule has 0 unspecified atom stereocenters. The summed E-state index contributed by atoms with van der Waals surface area (Å²) in [5, 5.41) is 14.5. The van der Waals surface area contributed by atoms with Gasteiger partial charge in [-0.3, -0.25) is 10.6 Å². The Hall–Kier alpha value is -5.45. The van der Waals surface area contributed by atoms with E-state index < -0.39 is 12.1 Å². The van der Waals surface area contributed by atoms with Crippen LogP contribution in [0.4, 0.5) is 27.0 Å². The molecule has 0 aliphatic heterocycles. The molecule has 0 aliphatic rings. The van der Waals surface area contributed by atoms with Gasteiger partial charge in [0.2, 0.25) is 11.8 Å². The summed E-state index contributed by atoms with van der Waals surface area (Å²) in [6.07, 6.45) is 4.33. The van der Waals surface area contributed by atoms with Gasteiger partial charge in [-0.15, -0.1) is 0 Å². The standard InChI is InChI=1S/C30H30N8O3/c1-3-4-7-20-18-26(38(37-20)21-12-10-19(2)11-13-21)34-30(40)33-24-14-15-25(23-9-6-5-8-22(23)24)41-27-16-17-32-29(35-27)36-28(31)39/h5-6,8-18H,3-4,7H2,1-2H3,(H2,33,34,40)(H3,31,32,35,36,39). The summed E-state index contributed by atoms with van der Waals surface area (Å²) in [5.41, 5.74) is 8.66. The second-order valence-corrected chi connectivity index (χ2v) is 9.42. The molecule has 5 rings (SSSR count). The van der Waals surface area contributed by atoms with E-state index in [0.29, 0.717) is 17.3 Å². The molecule has 0 fully saturated rings. The zero-order valence-corrected chi connectivity index (χ0v) is 22.7. The second-order valence-electron chi connectivity index (χ2n) is 9.42. The largest absolute Gasteiger partial charge is 0.438 e. The number of nitrogens with two attached hydrogens (primary N) is 1. The first-order chi connectivity index (χ1) is 19.9. The Morgan fingerprint density at radius 2 is 1.73 bits per heavy atom.